The number of halogens is 3. The number of aromatic nitrogens is 1. The molecule has 0 aliphatic carbocycles. The molecule has 0 bridgehead atoms. The van der Waals surface area contributed by atoms with E-state index in [-0.39, 0.29) is 10.7 Å². The van der Waals surface area contributed by atoms with Gasteiger partial charge in [0, 0.05) is 11.1 Å². The van der Waals surface area contributed by atoms with Crippen LogP contribution in [0.15, 0.2) is 30.5 Å². The molecule has 2 aromatic rings. The molecule has 88 valence electrons. The van der Waals surface area contributed by atoms with E-state index in [9.17, 15) is 8.78 Å². The average molecular weight is 256 g/mol. The van der Waals surface area contributed by atoms with Crippen LogP contribution < -0.4 is 4.74 Å². The molecule has 2 nitrogen and oxygen atoms in total. The summed E-state index contributed by atoms with van der Waals surface area (Å²) in [7, 11) is 1.42. The first kappa shape index (κ1) is 11.8. The van der Waals surface area contributed by atoms with Crippen molar-refractivity contribution in [3.8, 4) is 16.9 Å². The van der Waals surface area contributed by atoms with Crippen LogP contribution in [0.1, 0.15) is 0 Å². The molecule has 0 fully saturated rings. The Kier molecular flexibility index (Phi) is 3.24. The Morgan fingerprint density at radius 2 is 2.00 bits per heavy atom. The SMILES string of the molecule is COc1cnc(Cl)cc1-c1cccc(F)c1F. The number of rotatable bonds is 2. The van der Waals surface area contributed by atoms with Gasteiger partial charge in [-0.15, -0.1) is 0 Å². The van der Waals surface area contributed by atoms with Crippen LogP contribution in [-0.4, -0.2) is 12.1 Å². The molecule has 2 rings (SSSR count). The van der Waals surface area contributed by atoms with Crippen molar-refractivity contribution in [2.75, 3.05) is 7.11 Å². The third kappa shape index (κ3) is 2.22. The maximum Gasteiger partial charge on any atom is 0.166 e. The summed E-state index contributed by atoms with van der Waals surface area (Å²) in [5, 5.41) is 0.185. The summed E-state index contributed by atoms with van der Waals surface area (Å²) in [5.41, 5.74) is 0.454. The second-order valence-corrected chi connectivity index (χ2v) is 3.70. The highest BCUT2D eigenvalue weighted by atomic mass is 35.5. The van der Waals surface area contributed by atoms with Gasteiger partial charge in [0.05, 0.1) is 13.3 Å². The van der Waals surface area contributed by atoms with Gasteiger partial charge in [0.15, 0.2) is 11.6 Å². The first-order valence-electron chi connectivity index (χ1n) is 4.77. The molecule has 0 saturated heterocycles. The van der Waals surface area contributed by atoms with Gasteiger partial charge in [0.25, 0.3) is 0 Å². The molecule has 5 heteroatoms. The molecule has 1 aromatic carbocycles. The van der Waals surface area contributed by atoms with Crippen molar-refractivity contribution in [1.29, 1.82) is 0 Å². The van der Waals surface area contributed by atoms with E-state index in [1.807, 2.05) is 0 Å². The smallest absolute Gasteiger partial charge is 0.166 e. The molecule has 0 spiro atoms. The number of benzene rings is 1. The van der Waals surface area contributed by atoms with Crippen LogP contribution in [0, 0.1) is 11.6 Å². The Labute approximate surface area is 102 Å². The normalized spacial score (nSPS) is 10.4. The Bertz CT molecular complexity index is 560. The number of pyridine rings is 1. The van der Waals surface area contributed by atoms with Crippen molar-refractivity contribution < 1.29 is 13.5 Å². The molecule has 0 unspecified atom stereocenters. The maximum atomic E-state index is 13.6. The van der Waals surface area contributed by atoms with E-state index in [0.29, 0.717) is 11.3 Å². The van der Waals surface area contributed by atoms with Gasteiger partial charge in [0.2, 0.25) is 0 Å². The second kappa shape index (κ2) is 4.67. The van der Waals surface area contributed by atoms with Gasteiger partial charge >= 0.3 is 0 Å². The molecule has 0 saturated carbocycles. The Balaban J connectivity index is 2.67. The van der Waals surface area contributed by atoms with E-state index >= 15 is 0 Å². The third-order valence-electron chi connectivity index (χ3n) is 2.30. The van der Waals surface area contributed by atoms with E-state index in [2.05, 4.69) is 4.98 Å². The lowest BCUT2D eigenvalue weighted by Gasteiger charge is -2.09. The van der Waals surface area contributed by atoms with E-state index in [1.54, 1.807) is 0 Å². The number of hydrogen-bond donors (Lipinski definition) is 0. The summed E-state index contributed by atoms with van der Waals surface area (Å²) < 4.78 is 31.8. The summed E-state index contributed by atoms with van der Waals surface area (Å²) in [4.78, 5) is 3.81. The predicted molar refractivity (Wildman–Crippen MR) is 61.2 cm³/mol. The van der Waals surface area contributed by atoms with Crippen LogP contribution in [0.2, 0.25) is 5.15 Å². The van der Waals surface area contributed by atoms with Crippen LogP contribution >= 0.6 is 11.6 Å². The molecule has 0 aliphatic rings. The van der Waals surface area contributed by atoms with Crippen LogP contribution in [-0.2, 0) is 0 Å². The first-order chi connectivity index (χ1) is 8.13. The first-order valence-corrected chi connectivity index (χ1v) is 5.15. The van der Waals surface area contributed by atoms with Gasteiger partial charge < -0.3 is 4.74 Å². The van der Waals surface area contributed by atoms with Gasteiger partial charge in [-0.05, 0) is 12.1 Å². The second-order valence-electron chi connectivity index (χ2n) is 3.31. The van der Waals surface area contributed by atoms with Crippen LogP contribution in [0.5, 0.6) is 5.75 Å². The maximum absolute atomic E-state index is 13.6. The third-order valence-corrected chi connectivity index (χ3v) is 2.50. The number of methoxy groups -OCH3 is 1. The van der Waals surface area contributed by atoms with Crippen LogP contribution in [0.4, 0.5) is 8.78 Å². The highest BCUT2D eigenvalue weighted by molar-refractivity contribution is 6.29. The van der Waals surface area contributed by atoms with Crippen molar-refractivity contribution in [1.82, 2.24) is 4.98 Å². The molecular formula is C12H8ClF2NO. The van der Waals surface area contributed by atoms with Crippen LogP contribution in [0.25, 0.3) is 11.1 Å². The zero-order valence-corrected chi connectivity index (χ0v) is 9.63. The number of hydrogen-bond acceptors (Lipinski definition) is 2. The molecule has 1 heterocycles. The summed E-state index contributed by atoms with van der Waals surface area (Å²) >= 11 is 5.73. The molecule has 0 radical (unpaired) electrons. The van der Waals surface area contributed by atoms with E-state index in [1.165, 1.54) is 31.5 Å². The van der Waals surface area contributed by atoms with Gasteiger partial charge in [0.1, 0.15) is 10.9 Å². The van der Waals surface area contributed by atoms with E-state index in [4.69, 9.17) is 16.3 Å². The topological polar surface area (TPSA) is 22.1 Å². The Morgan fingerprint density at radius 1 is 1.24 bits per heavy atom. The largest absolute Gasteiger partial charge is 0.494 e. The molecule has 0 aliphatic heterocycles. The van der Waals surface area contributed by atoms with Gasteiger partial charge in [-0.2, -0.15) is 0 Å². The fraction of sp³-hybridized carbons (Fsp3) is 0.0833. The monoisotopic (exact) mass is 255 g/mol. The zero-order chi connectivity index (χ0) is 12.4. The minimum Gasteiger partial charge on any atom is -0.494 e. The summed E-state index contributed by atoms with van der Waals surface area (Å²) in [5.74, 6) is -1.52. The van der Waals surface area contributed by atoms with Crippen molar-refractivity contribution in [2.45, 2.75) is 0 Å². The standard InChI is InChI=1S/C12H8ClF2NO/c1-17-10-6-16-11(13)5-8(10)7-3-2-4-9(14)12(7)15/h2-6H,1H3. The fourth-order valence-corrected chi connectivity index (χ4v) is 1.66. The summed E-state index contributed by atoms with van der Waals surface area (Å²) in [6.45, 7) is 0. The highest BCUT2D eigenvalue weighted by Gasteiger charge is 2.14. The van der Waals surface area contributed by atoms with E-state index in [0.717, 1.165) is 6.07 Å². The zero-order valence-electron chi connectivity index (χ0n) is 8.88. The molecule has 1 aromatic heterocycles. The number of nitrogens with zero attached hydrogens (tertiary/aromatic N) is 1. The molecule has 0 N–H and O–H groups in total. The minimum absolute atomic E-state index is 0.0890. The lowest BCUT2D eigenvalue weighted by molar-refractivity contribution is 0.414. The Morgan fingerprint density at radius 3 is 2.71 bits per heavy atom. The Hall–Kier alpha value is -1.68. The molecule has 0 atom stereocenters. The molecule has 17 heavy (non-hydrogen) atoms. The van der Waals surface area contributed by atoms with Crippen molar-refractivity contribution >= 4 is 11.6 Å². The predicted octanol–water partition coefficient (Wildman–Crippen LogP) is 3.69. The van der Waals surface area contributed by atoms with Gasteiger partial charge in [-0.1, -0.05) is 23.7 Å². The molecular weight excluding hydrogens is 248 g/mol. The minimum atomic E-state index is -0.937. The van der Waals surface area contributed by atoms with Gasteiger partial charge in [-0.25, -0.2) is 13.8 Å². The van der Waals surface area contributed by atoms with E-state index < -0.39 is 11.6 Å². The molecule has 0 amide bonds. The summed E-state index contributed by atoms with van der Waals surface area (Å²) in [6, 6.07) is 5.35. The highest BCUT2D eigenvalue weighted by Crippen LogP contribution is 2.33. The van der Waals surface area contributed by atoms with Crippen molar-refractivity contribution in [2.24, 2.45) is 0 Å². The quantitative estimate of drug-likeness (QED) is 0.764. The fourth-order valence-electron chi connectivity index (χ4n) is 1.50. The average Bonchev–Trinajstić information content (AvgIpc) is 2.33. The van der Waals surface area contributed by atoms with Gasteiger partial charge in [-0.3, -0.25) is 0 Å². The lowest BCUT2D eigenvalue weighted by Crippen LogP contribution is -1.94. The van der Waals surface area contributed by atoms with Crippen LogP contribution in [0.3, 0.4) is 0 Å². The lowest BCUT2D eigenvalue weighted by atomic mass is 10.1. The number of ether oxygens (including phenoxy) is 1. The van der Waals surface area contributed by atoms with Crippen molar-refractivity contribution in [3.05, 3.63) is 47.2 Å². The van der Waals surface area contributed by atoms with Crippen molar-refractivity contribution in [3.63, 3.8) is 0 Å². The summed E-state index contributed by atoms with van der Waals surface area (Å²) in [6.07, 6.45) is 1.36.